The largest absolute Gasteiger partial charge is 0.311 e. The van der Waals surface area contributed by atoms with Gasteiger partial charge in [-0.2, -0.15) is 0 Å². The Balaban J connectivity index is 1.73. The quantitative estimate of drug-likeness (QED) is 0.931. The Hall–Kier alpha value is -1.64. The zero-order valence-corrected chi connectivity index (χ0v) is 13.9. The lowest BCUT2D eigenvalue weighted by molar-refractivity contribution is 0.0957. The van der Waals surface area contributed by atoms with Gasteiger partial charge in [0.25, 0.3) is 0 Å². The zero-order valence-electron chi connectivity index (χ0n) is 13.9. The van der Waals surface area contributed by atoms with Gasteiger partial charge in [-0.3, -0.25) is 4.90 Å². The first-order chi connectivity index (χ1) is 11.3. The third-order valence-electron chi connectivity index (χ3n) is 5.70. The maximum atomic E-state index is 3.78. The van der Waals surface area contributed by atoms with Gasteiger partial charge in [-0.25, -0.2) is 0 Å². The molecular weight excluding hydrogens is 280 g/mol. The standard InChI is InChI=1S/C21H26N2/c1-16-19-13-8-14-23(19)20(15-22-16)21(17-9-4-2-5-10-17)18-11-6-3-7-12-18/h2-7,9-12,16,19-22H,8,13-15H2,1H3/t16-,19+,20+/m1/s1. The number of hydrogen-bond acceptors (Lipinski definition) is 2. The van der Waals surface area contributed by atoms with Crippen LogP contribution in [0, 0.1) is 0 Å². The summed E-state index contributed by atoms with van der Waals surface area (Å²) in [5.41, 5.74) is 2.87. The molecule has 2 aromatic carbocycles. The average molecular weight is 306 g/mol. The molecule has 2 nitrogen and oxygen atoms in total. The van der Waals surface area contributed by atoms with Gasteiger partial charge >= 0.3 is 0 Å². The van der Waals surface area contributed by atoms with Gasteiger partial charge in [-0.1, -0.05) is 60.7 Å². The number of benzene rings is 2. The summed E-state index contributed by atoms with van der Waals surface area (Å²) in [7, 11) is 0. The number of hydrogen-bond donors (Lipinski definition) is 1. The molecule has 4 rings (SSSR count). The van der Waals surface area contributed by atoms with Gasteiger partial charge in [0.15, 0.2) is 0 Å². The summed E-state index contributed by atoms with van der Waals surface area (Å²) < 4.78 is 0. The fourth-order valence-corrected chi connectivity index (χ4v) is 4.59. The molecule has 2 heteroatoms. The van der Waals surface area contributed by atoms with E-state index in [0.717, 1.165) is 6.54 Å². The number of fused-ring (bicyclic) bond motifs is 1. The summed E-state index contributed by atoms with van der Waals surface area (Å²) in [6.45, 7) is 4.67. The molecule has 2 saturated heterocycles. The molecule has 1 N–H and O–H groups in total. The molecule has 2 fully saturated rings. The summed E-state index contributed by atoms with van der Waals surface area (Å²) in [5, 5.41) is 3.78. The first kappa shape index (κ1) is 14.9. The molecule has 0 bridgehead atoms. The van der Waals surface area contributed by atoms with Crippen molar-refractivity contribution in [3.8, 4) is 0 Å². The van der Waals surface area contributed by atoms with Gasteiger partial charge < -0.3 is 5.32 Å². The van der Waals surface area contributed by atoms with Gasteiger partial charge in [0.05, 0.1) is 0 Å². The van der Waals surface area contributed by atoms with E-state index in [4.69, 9.17) is 0 Å². The van der Waals surface area contributed by atoms with Crippen molar-refractivity contribution in [2.45, 2.75) is 43.8 Å². The van der Waals surface area contributed by atoms with Crippen molar-refractivity contribution >= 4 is 0 Å². The van der Waals surface area contributed by atoms with Gasteiger partial charge in [0.1, 0.15) is 0 Å². The second kappa shape index (κ2) is 6.46. The highest BCUT2D eigenvalue weighted by Crippen LogP contribution is 2.36. The number of nitrogens with zero attached hydrogens (tertiary/aromatic N) is 1. The summed E-state index contributed by atoms with van der Waals surface area (Å²) in [6.07, 6.45) is 2.67. The smallest absolute Gasteiger partial charge is 0.0333 e. The minimum atomic E-state index is 0.443. The number of piperazine rings is 1. The average Bonchev–Trinajstić information content (AvgIpc) is 3.10. The van der Waals surface area contributed by atoms with Crippen molar-refractivity contribution in [3.05, 3.63) is 71.8 Å². The molecule has 0 unspecified atom stereocenters. The van der Waals surface area contributed by atoms with Gasteiger partial charge in [-0.15, -0.1) is 0 Å². The van der Waals surface area contributed by atoms with E-state index >= 15 is 0 Å². The van der Waals surface area contributed by atoms with Crippen molar-refractivity contribution in [1.29, 1.82) is 0 Å². The van der Waals surface area contributed by atoms with E-state index in [1.165, 1.54) is 30.5 Å². The highest BCUT2D eigenvalue weighted by Gasteiger charge is 2.41. The van der Waals surface area contributed by atoms with Crippen LogP contribution in [-0.2, 0) is 0 Å². The summed E-state index contributed by atoms with van der Waals surface area (Å²) in [6, 6.07) is 23.9. The predicted octanol–water partition coefficient (Wildman–Crippen LogP) is 3.64. The van der Waals surface area contributed by atoms with Crippen LogP contribution in [0.4, 0.5) is 0 Å². The molecule has 2 aliphatic rings. The van der Waals surface area contributed by atoms with Crippen LogP contribution in [0.25, 0.3) is 0 Å². The van der Waals surface area contributed by atoms with E-state index in [9.17, 15) is 0 Å². The Labute approximate surface area is 139 Å². The van der Waals surface area contributed by atoms with Crippen molar-refractivity contribution in [2.24, 2.45) is 0 Å². The van der Waals surface area contributed by atoms with Crippen molar-refractivity contribution in [3.63, 3.8) is 0 Å². The normalized spacial score (nSPS) is 28.0. The van der Waals surface area contributed by atoms with E-state index in [1.54, 1.807) is 0 Å². The van der Waals surface area contributed by atoms with Crippen molar-refractivity contribution < 1.29 is 0 Å². The molecule has 0 amide bonds. The minimum absolute atomic E-state index is 0.443. The molecule has 0 radical (unpaired) electrons. The number of rotatable bonds is 3. The van der Waals surface area contributed by atoms with E-state index < -0.39 is 0 Å². The Morgan fingerprint density at radius 1 is 0.957 bits per heavy atom. The first-order valence-electron chi connectivity index (χ1n) is 8.93. The third-order valence-corrected chi connectivity index (χ3v) is 5.70. The molecule has 2 heterocycles. The van der Waals surface area contributed by atoms with Gasteiger partial charge in [0, 0.05) is 30.6 Å². The van der Waals surface area contributed by atoms with Crippen molar-refractivity contribution in [2.75, 3.05) is 13.1 Å². The zero-order chi connectivity index (χ0) is 15.6. The molecule has 0 aromatic heterocycles. The fourth-order valence-electron chi connectivity index (χ4n) is 4.59. The van der Waals surface area contributed by atoms with Crippen LogP contribution in [0.5, 0.6) is 0 Å². The van der Waals surface area contributed by atoms with Crippen LogP contribution >= 0.6 is 0 Å². The molecule has 2 aliphatic heterocycles. The van der Waals surface area contributed by atoms with E-state index in [-0.39, 0.29) is 0 Å². The van der Waals surface area contributed by atoms with Crippen LogP contribution in [0.2, 0.25) is 0 Å². The second-order valence-electron chi connectivity index (χ2n) is 7.01. The van der Waals surface area contributed by atoms with E-state index in [2.05, 4.69) is 77.8 Å². The lowest BCUT2D eigenvalue weighted by atomic mass is 9.82. The molecule has 0 aliphatic carbocycles. The molecule has 0 spiro atoms. The Bertz CT molecular complexity index is 585. The molecule has 0 saturated carbocycles. The predicted molar refractivity (Wildman–Crippen MR) is 95.7 cm³/mol. The Morgan fingerprint density at radius 3 is 2.17 bits per heavy atom. The minimum Gasteiger partial charge on any atom is -0.311 e. The SMILES string of the molecule is C[C@H]1NC[C@@H](C(c2ccccc2)c2ccccc2)N2CCC[C@@H]12. The van der Waals surface area contributed by atoms with Crippen LogP contribution < -0.4 is 5.32 Å². The highest BCUT2D eigenvalue weighted by molar-refractivity contribution is 5.35. The Morgan fingerprint density at radius 2 is 1.57 bits per heavy atom. The molecule has 120 valence electrons. The number of nitrogens with one attached hydrogen (secondary N) is 1. The second-order valence-corrected chi connectivity index (χ2v) is 7.01. The van der Waals surface area contributed by atoms with E-state index in [0.29, 0.717) is 24.0 Å². The Kier molecular flexibility index (Phi) is 4.19. The maximum absolute atomic E-state index is 3.78. The maximum Gasteiger partial charge on any atom is 0.0333 e. The summed E-state index contributed by atoms with van der Waals surface area (Å²) >= 11 is 0. The van der Waals surface area contributed by atoms with Crippen molar-refractivity contribution in [1.82, 2.24) is 10.2 Å². The first-order valence-corrected chi connectivity index (χ1v) is 8.93. The van der Waals surface area contributed by atoms with Gasteiger partial charge in [0.2, 0.25) is 0 Å². The molecule has 23 heavy (non-hydrogen) atoms. The highest BCUT2D eigenvalue weighted by atomic mass is 15.3. The van der Waals surface area contributed by atoms with Crippen LogP contribution in [0.1, 0.15) is 36.8 Å². The van der Waals surface area contributed by atoms with Crippen LogP contribution in [0.15, 0.2) is 60.7 Å². The molecular formula is C21H26N2. The van der Waals surface area contributed by atoms with E-state index in [1.807, 2.05) is 0 Å². The summed E-state index contributed by atoms with van der Waals surface area (Å²) in [4.78, 5) is 2.78. The monoisotopic (exact) mass is 306 g/mol. The lowest BCUT2D eigenvalue weighted by Crippen LogP contribution is -2.60. The van der Waals surface area contributed by atoms with Crippen LogP contribution in [0.3, 0.4) is 0 Å². The summed E-state index contributed by atoms with van der Waals surface area (Å²) in [5.74, 6) is 0.443. The third kappa shape index (κ3) is 2.82. The van der Waals surface area contributed by atoms with Gasteiger partial charge in [-0.05, 0) is 37.4 Å². The molecule has 3 atom stereocenters. The molecule has 2 aromatic rings. The lowest BCUT2D eigenvalue weighted by Gasteiger charge is -2.46. The topological polar surface area (TPSA) is 15.3 Å². The fraction of sp³-hybridized carbons (Fsp3) is 0.429. The van der Waals surface area contributed by atoms with Crippen LogP contribution in [-0.4, -0.2) is 36.1 Å².